The number of hydrogen-bond acceptors (Lipinski definition) is 3. The van der Waals surface area contributed by atoms with Crippen molar-refractivity contribution < 1.29 is 0 Å². The lowest BCUT2D eigenvalue weighted by Crippen LogP contribution is -2.56. The van der Waals surface area contributed by atoms with Crippen molar-refractivity contribution >= 4 is 29.0 Å². The highest BCUT2D eigenvalue weighted by molar-refractivity contribution is 8.00. The molecule has 4 bridgehead atoms. The van der Waals surface area contributed by atoms with Gasteiger partial charge in [0, 0.05) is 34.7 Å². The molecule has 2 nitrogen and oxygen atoms in total. The summed E-state index contributed by atoms with van der Waals surface area (Å²) in [5.74, 6) is 1.40. The SMILES string of the molecule is CC1(C)CN(C(=S)C23CC4CC(c5ccccc5)(CC2C4Sc2ccccc2)C3)CC[C@@H]1N. The van der Waals surface area contributed by atoms with Gasteiger partial charge in [-0.05, 0) is 72.5 Å². The molecule has 33 heavy (non-hydrogen) atoms. The van der Waals surface area contributed by atoms with E-state index in [1.54, 1.807) is 5.56 Å². The number of thioether (sulfide) groups is 1. The van der Waals surface area contributed by atoms with E-state index in [-0.39, 0.29) is 16.9 Å². The van der Waals surface area contributed by atoms with E-state index >= 15 is 0 Å². The van der Waals surface area contributed by atoms with E-state index in [0.717, 1.165) is 25.4 Å². The summed E-state index contributed by atoms with van der Waals surface area (Å²) in [5, 5.41) is 0.671. The van der Waals surface area contributed by atoms with E-state index in [2.05, 4.69) is 91.2 Å². The summed E-state index contributed by atoms with van der Waals surface area (Å²) in [6.45, 7) is 6.67. The van der Waals surface area contributed by atoms with Gasteiger partial charge in [-0.2, -0.15) is 0 Å². The Bertz CT molecular complexity index is 1040. The zero-order valence-electron chi connectivity index (χ0n) is 19.9. The topological polar surface area (TPSA) is 29.3 Å². The molecule has 0 aromatic heterocycles. The van der Waals surface area contributed by atoms with Gasteiger partial charge in [-0.3, -0.25) is 0 Å². The third-order valence-electron chi connectivity index (χ3n) is 9.54. The molecular formula is C29H36N2S2. The number of piperidine rings is 1. The summed E-state index contributed by atoms with van der Waals surface area (Å²) >= 11 is 8.60. The number of rotatable bonds is 4. The predicted molar refractivity (Wildman–Crippen MR) is 143 cm³/mol. The minimum atomic E-state index is 0.115. The van der Waals surface area contributed by atoms with Crippen LogP contribution < -0.4 is 5.73 Å². The number of hydrogen-bond donors (Lipinski definition) is 1. The number of nitrogens with zero attached hydrogens (tertiary/aromatic N) is 1. The monoisotopic (exact) mass is 476 g/mol. The van der Waals surface area contributed by atoms with Crippen LogP contribution in [0.5, 0.6) is 0 Å². The van der Waals surface area contributed by atoms with E-state index in [1.807, 2.05) is 0 Å². The molecule has 1 saturated heterocycles. The quantitative estimate of drug-likeness (QED) is 0.525. The van der Waals surface area contributed by atoms with Gasteiger partial charge in [0.2, 0.25) is 0 Å². The largest absolute Gasteiger partial charge is 0.365 e. The molecule has 6 atom stereocenters. The van der Waals surface area contributed by atoms with Gasteiger partial charge in [-0.1, -0.05) is 74.6 Å². The van der Waals surface area contributed by atoms with Crippen molar-refractivity contribution in [3.8, 4) is 0 Å². The fourth-order valence-corrected chi connectivity index (χ4v) is 9.98. The smallest absolute Gasteiger partial charge is 0.0845 e. The van der Waals surface area contributed by atoms with Gasteiger partial charge in [0.25, 0.3) is 0 Å². The van der Waals surface area contributed by atoms with E-state index in [4.69, 9.17) is 18.0 Å². The lowest BCUT2D eigenvalue weighted by molar-refractivity contribution is 0.133. The standard InChI is InChI=1S/C29H36N2S2/c1-27(2)19-31(14-13-24(27)30)26(32)29-16-20-15-28(18-29,21-9-5-3-6-10-21)17-23(29)25(20)33-22-11-7-4-8-12-22/h3-12,20,23-25H,13-19,30H2,1-2H3/t20?,23?,24-,25?,28?,29?/m0/s1. The van der Waals surface area contributed by atoms with Crippen molar-refractivity contribution in [3.05, 3.63) is 66.2 Å². The molecule has 4 aliphatic carbocycles. The second-order valence-electron chi connectivity index (χ2n) is 12.0. The Labute approximate surface area is 208 Å². The lowest BCUT2D eigenvalue weighted by Gasteiger charge is -2.48. The van der Waals surface area contributed by atoms with Crippen LogP contribution in [0.3, 0.4) is 0 Å². The number of benzene rings is 2. The van der Waals surface area contributed by atoms with E-state index in [1.165, 1.54) is 35.6 Å². The molecule has 0 spiro atoms. The molecule has 4 heteroatoms. The van der Waals surface area contributed by atoms with Crippen LogP contribution in [0.1, 0.15) is 51.5 Å². The Balaban J connectivity index is 1.36. The summed E-state index contributed by atoms with van der Waals surface area (Å²) in [6.07, 6.45) is 6.16. The Hall–Kier alpha value is -1.36. The van der Waals surface area contributed by atoms with Crippen LogP contribution in [0.4, 0.5) is 0 Å². The van der Waals surface area contributed by atoms with E-state index in [0.29, 0.717) is 16.6 Å². The second-order valence-corrected chi connectivity index (χ2v) is 13.6. The first kappa shape index (κ1) is 22.1. The highest BCUT2D eigenvalue weighted by Gasteiger charge is 2.70. The normalized spacial score (nSPS) is 38.6. The van der Waals surface area contributed by atoms with Gasteiger partial charge in [-0.25, -0.2) is 0 Å². The Kier molecular flexibility index (Phi) is 5.25. The van der Waals surface area contributed by atoms with Crippen molar-refractivity contribution in [3.63, 3.8) is 0 Å². The summed E-state index contributed by atoms with van der Waals surface area (Å²) in [6, 6.07) is 22.7. The number of likely N-dealkylation sites (tertiary alicyclic amines) is 1. The molecule has 5 fully saturated rings. The Morgan fingerprint density at radius 2 is 1.70 bits per heavy atom. The fourth-order valence-electron chi connectivity index (χ4n) is 7.98. The molecule has 5 aliphatic rings. The summed E-state index contributed by atoms with van der Waals surface area (Å²) < 4.78 is 0. The minimum Gasteiger partial charge on any atom is -0.365 e. The predicted octanol–water partition coefficient (Wildman–Crippen LogP) is 6.29. The first-order valence-corrected chi connectivity index (χ1v) is 13.9. The zero-order chi connectivity index (χ0) is 22.8. The van der Waals surface area contributed by atoms with Crippen LogP contribution in [-0.2, 0) is 5.41 Å². The molecule has 1 aliphatic heterocycles. The Morgan fingerprint density at radius 3 is 2.39 bits per heavy atom. The minimum absolute atomic E-state index is 0.115. The van der Waals surface area contributed by atoms with Crippen LogP contribution in [0, 0.1) is 22.7 Å². The maximum atomic E-state index is 6.49. The summed E-state index contributed by atoms with van der Waals surface area (Å²) in [5.41, 5.74) is 8.62. The first-order chi connectivity index (χ1) is 15.8. The second kappa shape index (κ2) is 7.83. The van der Waals surface area contributed by atoms with Gasteiger partial charge in [0.15, 0.2) is 0 Å². The molecule has 1 heterocycles. The van der Waals surface area contributed by atoms with Gasteiger partial charge in [0.05, 0.1) is 4.99 Å². The Morgan fingerprint density at radius 1 is 1.00 bits per heavy atom. The molecule has 2 N–H and O–H groups in total. The number of thiocarbonyl (C=S) groups is 1. The molecule has 0 amide bonds. The van der Waals surface area contributed by atoms with Gasteiger partial charge >= 0.3 is 0 Å². The average molecular weight is 477 g/mol. The zero-order valence-corrected chi connectivity index (χ0v) is 21.5. The highest BCUT2D eigenvalue weighted by Crippen LogP contribution is 2.73. The molecular weight excluding hydrogens is 440 g/mol. The van der Waals surface area contributed by atoms with Crippen molar-refractivity contribution in [2.45, 2.75) is 67.6 Å². The van der Waals surface area contributed by atoms with Gasteiger partial charge in [-0.15, -0.1) is 11.8 Å². The molecule has 7 rings (SSSR count). The molecule has 2 aromatic rings. The van der Waals surface area contributed by atoms with E-state index in [9.17, 15) is 0 Å². The summed E-state index contributed by atoms with van der Waals surface area (Å²) in [4.78, 5) is 5.26. The van der Waals surface area contributed by atoms with Crippen LogP contribution in [0.2, 0.25) is 0 Å². The average Bonchev–Trinajstić information content (AvgIpc) is 3.19. The fraction of sp³-hybridized carbons (Fsp3) is 0.552. The lowest BCUT2D eigenvalue weighted by atomic mass is 9.63. The first-order valence-electron chi connectivity index (χ1n) is 12.7. The summed E-state index contributed by atoms with van der Waals surface area (Å²) in [7, 11) is 0. The maximum absolute atomic E-state index is 6.49. The maximum Gasteiger partial charge on any atom is 0.0845 e. The van der Waals surface area contributed by atoms with E-state index < -0.39 is 0 Å². The highest BCUT2D eigenvalue weighted by atomic mass is 32.2. The van der Waals surface area contributed by atoms with Crippen molar-refractivity contribution in [2.24, 2.45) is 28.4 Å². The van der Waals surface area contributed by atoms with Crippen LogP contribution in [0.15, 0.2) is 65.6 Å². The third kappa shape index (κ3) is 3.43. The van der Waals surface area contributed by atoms with Crippen LogP contribution in [-0.4, -0.2) is 34.3 Å². The molecule has 5 unspecified atom stereocenters. The molecule has 0 radical (unpaired) electrons. The molecule has 4 saturated carbocycles. The third-order valence-corrected chi connectivity index (χ3v) is 11.7. The molecule has 2 aromatic carbocycles. The van der Waals surface area contributed by atoms with Crippen LogP contribution in [0.25, 0.3) is 0 Å². The van der Waals surface area contributed by atoms with Gasteiger partial charge in [0.1, 0.15) is 0 Å². The van der Waals surface area contributed by atoms with Gasteiger partial charge < -0.3 is 10.6 Å². The van der Waals surface area contributed by atoms with Crippen molar-refractivity contribution in [2.75, 3.05) is 13.1 Å². The number of nitrogens with two attached hydrogens (primary N) is 1. The molecule has 174 valence electrons. The van der Waals surface area contributed by atoms with Crippen LogP contribution >= 0.6 is 24.0 Å². The van der Waals surface area contributed by atoms with Crippen molar-refractivity contribution in [1.82, 2.24) is 4.90 Å². The van der Waals surface area contributed by atoms with Crippen molar-refractivity contribution in [1.29, 1.82) is 0 Å².